The summed E-state index contributed by atoms with van der Waals surface area (Å²) < 4.78 is 57.3. The standard InChI is InChI=1S/C12H13F4NO2/c1-12(2,3)19-5-8(18)17-11-9(15)6(13)4-7(14)10(11)16/h4H,5H2,1-3H3,(H,17,18). The van der Waals surface area contributed by atoms with Gasteiger partial charge in [0, 0.05) is 6.07 Å². The second kappa shape index (κ2) is 5.56. The maximum absolute atomic E-state index is 13.2. The van der Waals surface area contributed by atoms with Crippen LogP contribution in [0.4, 0.5) is 23.2 Å². The molecule has 0 radical (unpaired) electrons. The van der Waals surface area contributed by atoms with E-state index in [0.29, 0.717) is 0 Å². The Morgan fingerprint density at radius 1 is 1.16 bits per heavy atom. The van der Waals surface area contributed by atoms with E-state index in [-0.39, 0.29) is 6.07 Å². The number of carbonyl (C=O) groups excluding carboxylic acids is 1. The van der Waals surface area contributed by atoms with Crippen molar-refractivity contribution in [3.63, 3.8) is 0 Å². The number of hydrogen-bond donors (Lipinski definition) is 1. The quantitative estimate of drug-likeness (QED) is 0.682. The Morgan fingerprint density at radius 2 is 1.63 bits per heavy atom. The van der Waals surface area contributed by atoms with Gasteiger partial charge in [-0.3, -0.25) is 4.79 Å². The molecule has 0 spiro atoms. The maximum atomic E-state index is 13.2. The number of amides is 1. The van der Waals surface area contributed by atoms with Crippen molar-refractivity contribution in [1.29, 1.82) is 0 Å². The van der Waals surface area contributed by atoms with E-state index in [2.05, 4.69) is 0 Å². The smallest absolute Gasteiger partial charge is 0.250 e. The van der Waals surface area contributed by atoms with E-state index >= 15 is 0 Å². The summed E-state index contributed by atoms with van der Waals surface area (Å²) in [6.07, 6.45) is 0. The number of anilines is 1. The summed E-state index contributed by atoms with van der Waals surface area (Å²) in [5.41, 5.74) is -1.80. The molecule has 1 aromatic rings. The molecule has 1 aromatic carbocycles. The molecule has 0 saturated heterocycles. The number of benzene rings is 1. The molecule has 1 rings (SSSR count). The molecule has 0 aliphatic heterocycles. The van der Waals surface area contributed by atoms with Crippen LogP contribution in [0.1, 0.15) is 20.8 Å². The largest absolute Gasteiger partial charge is 0.366 e. The monoisotopic (exact) mass is 279 g/mol. The fourth-order valence-corrected chi connectivity index (χ4v) is 1.14. The lowest BCUT2D eigenvalue weighted by Gasteiger charge is -2.19. The Labute approximate surface area is 107 Å². The number of ether oxygens (including phenoxy) is 1. The molecule has 19 heavy (non-hydrogen) atoms. The molecule has 0 heterocycles. The summed E-state index contributed by atoms with van der Waals surface area (Å²) in [7, 11) is 0. The van der Waals surface area contributed by atoms with Crippen LogP contribution in [-0.2, 0) is 9.53 Å². The van der Waals surface area contributed by atoms with Gasteiger partial charge < -0.3 is 10.1 Å². The number of halogens is 4. The highest BCUT2D eigenvalue weighted by Crippen LogP contribution is 2.24. The molecule has 0 aliphatic rings. The van der Waals surface area contributed by atoms with Crippen molar-refractivity contribution >= 4 is 11.6 Å². The van der Waals surface area contributed by atoms with Gasteiger partial charge in [0.1, 0.15) is 12.3 Å². The van der Waals surface area contributed by atoms with Crippen LogP contribution in [0.2, 0.25) is 0 Å². The Balaban J connectivity index is 2.86. The Morgan fingerprint density at radius 3 is 2.05 bits per heavy atom. The van der Waals surface area contributed by atoms with Gasteiger partial charge in [-0.2, -0.15) is 0 Å². The summed E-state index contributed by atoms with van der Waals surface area (Å²) in [6, 6.07) is 0.0615. The van der Waals surface area contributed by atoms with Crippen LogP contribution in [0.3, 0.4) is 0 Å². The molecule has 0 saturated carbocycles. The van der Waals surface area contributed by atoms with E-state index in [1.165, 1.54) is 0 Å². The van der Waals surface area contributed by atoms with Gasteiger partial charge in [-0.05, 0) is 20.8 Å². The van der Waals surface area contributed by atoms with Gasteiger partial charge in [0.25, 0.3) is 5.91 Å². The fraction of sp³-hybridized carbons (Fsp3) is 0.417. The molecule has 0 bridgehead atoms. The molecular weight excluding hydrogens is 266 g/mol. The van der Waals surface area contributed by atoms with Crippen LogP contribution in [0.15, 0.2) is 6.07 Å². The van der Waals surface area contributed by atoms with Gasteiger partial charge in [0.15, 0.2) is 23.3 Å². The van der Waals surface area contributed by atoms with Crippen molar-refractivity contribution in [3.05, 3.63) is 29.3 Å². The van der Waals surface area contributed by atoms with Crippen LogP contribution in [0, 0.1) is 23.3 Å². The minimum absolute atomic E-state index is 0.0615. The molecular formula is C12H13F4NO2. The number of rotatable bonds is 3. The van der Waals surface area contributed by atoms with Crippen LogP contribution < -0.4 is 5.32 Å². The zero-order valence-electron chi connectivity index (χ0n) is 10.6. The summed E-state index contributed by atoms with van der Waals surface area (Å²) in [6.45, 7) is 4.51. The van der Waals surface area contributed by atoms with Gasteiger partial charge in [-0.25, -0.2) is 17.6 Å². The SMILES string of the molecule is CC(C)(C)OCC(=O)Nc1c(F)c(F)cc(F)c1F. The fourth-order valence-electron chi connectivity index (χ4n) is 1.14. The summed E-state index contributed by atoms with van der Waals surface area (Å²) in [5.74, 6) is -7.43. The first-order valence-electron chi connectivity index (χ1n) is 5.38. The van der Waals surface area contributed by atoms with Gasteiger partial charge in [0.2, 0.25) is 0 Å². The zero-order chi connectivity index (χ0) is 14.8. The van der Waals surface area contributed by atoms with Crippen LogP contribution in [0.5, 0.6) is 0 Å². The average Bonchev–Trinajstić information content (AvgIpc) is 2.29. The molecule has 106 valence electrons. The van der Waals surface area contributed by atoms with Crippen molar-refractivity contribution in [2.24, 2.45) is 0 Å². The van der Waals surface area contributed by atoms with Crippen LogP contribution in [0.25, 0.3) is 0 Å². The predicted molar refractivity (Wildman–Crippen MR) is 60.6 cm³/mol. The van der Waals surface area contributed by atoms with Crippen LogP contribution >= 0.6 is 0 Å². The third kappa shape index (κ3) is 4.20. The number of carbonyl (C=O) groups is 1. The van der Waals surface area contributed by atoms with E-state index in [9.17, 15) is 22.4 Å². The second-order valence-electron chi connectivity index (χ2n) is 4.79. The third-order valence-electron chi connectivity index (χ3n) is 2.01. The summed E-state index contributed by atoms with van der Waals surface area (Å²) >= 11 is 0. The molecule has 1 amide bonds. The molecule has 0 atom stereocenters. The number of hydrogen-bond acceptors (Lipinski definition) is 2. The molecule has 3 nitrogen and oxygen atoms in total. The van der Waals surface area contributed by atoms with E-state index in [1.807, 2.05) is 0 Å². The van der Waals surface area contributed by atoms with Crippen molar-refractivity contribution < 1.29 is 27.1 Å². The van der Waals surface area contributed by atoms with Crippen molar-refractivity contribution in [2.45, 2.75) is 26.4 Å². The van der Waals surface area contributed by atoms with E-state index in [0.717, 1.165) is 0 Å². The lowest BCUT2D eigenvalue weighted by Crippen LogP contribution is -2.27. The maximum Gasteiger partial charge on any atom is 0.250 e. The van der Waals surface area contributed by atoms with E-state index < -0.39 is 47.1 Å². The first kappa shape index (κ1) is 15.4. The normalized spacial score (nSPS) is 11.5. The van der Waals surface area contributed by atoms with Crippen LogP contribution in [-0.4, -0.2) is 18.1 Å². The lowest BCUT2D eigenvalue weighted by molar-refractivity contribution is -0.125. The molecule has 1 N–H and O–H groups in total. The summed E-state index contributed by atoms with van der Waals surface area (Å²) in [5, 5.41) is 1.74. The summed E-state index contributed by atoms with van der Waals surface area (Å²) in [4.78, 5) is 11.4. The predicted octanol–water partition coefficient (Wildman–Crippen LogP) is 3.00. The molecule has 7 heteroatoms. The van der Waals surface area contributed by atoms with Crippen molar-refractivity contribution in [2.75, 3.05) is 11.9 Å². The average molecular weight is 279 g/mol. The number of nitrogens with one attached hydrogen (secondary N) is 1. The lowest BCUT2D eigenvalue weighted by atomic mass is 10.2. The Bertz CT molecular complexity index is 471. The van der Waals surface area contributed by atoms with Crippen molar-refractivity contribution in [3.8, 4) is 0 Å². The molecule has 0 fully saturated rings. The van der Waals surface area contributed by atoms with Gasteiger partial charge >= 0.3 is 0 Å². The Kier molecular flexibility index (Phi) is 4.52. The zero-order valence-corrected chi connectivity index (χ0v) is 10.6. The molecule has 0 aromatic heterocycles. The molecule has 0 aliphatic carbocycles. The van der Waals surface area contributed by atoms with Crippen molar-refractivity contribution in [1.82, 2.24) is 0 Å². The second-order valence-corrected chi connectivity index (χ2v) is 4.79. The van der Waals surface area contributed by atoms with E-state index in [4.69, 9.17) is 4.74 Å². The van der Waals surface area contributed by atoms with Gasteiger partial charge in [-0.1, -0.05) is 0 Å². The van der Waals surface area contributed by atoms with E-state index in [1.54, 1.807) is 26.1 Å². The highest BCUT2D eigenvalue weighted by atomic mass is 19.2. The highest BCUT2D eigenvalue weighted by Gasteiger charge is 2.21. The Hall–Kier alpha value is -1.63. The first-order valence-corrected chi connectivity index (χ1v) is 5.38. The first-order chi connectivity index (χ1) is 8.61. The topological polar surface area (TPSA) is 38.3 Å². The highest BCUT2D eigenvalue weighted by molar-refractivity contribution is 5.92. The molecule has 0 unspecified atom stereocenters. The minimum atomic E-state index is -1.66. The van der Waals surface area contributed by atoms with Gasteiger partial charge in [-0.15, -0.1) is 0 Å². The van der Waals surface area contributed by atoms with Gasteiger partial charge in [0.05, 0.1) is 5.60 Å². The minimum Gasteiger partial charge on any atom is -0.366 e. The third-order valence-corrected chi connectivity index (χ3v) is 2.01.